The Bertz CT molecular complexity index is 853. The van der Waals surface area contributed by atoms with E-state index < -0.39 is 59.5 Å². The summed E-state index contributed by atoms with van der Waals surface area (Å²) in [7, 11) is 0. The van der Waals surface area contributed by atoms with E-state index in [-0.39, 0.29) is 5.92 Å². The van der Waals surface area contributed by atoms with E-state index in [9.17, 15) is 35.8 Å². The van der Waals surface area contributed by atoms with Crippen molar-refractivity contribution >= 4 is 17.5 Å². The van der Waals surface area contributed by atoms with E-state index in [1.807, 2.05) is 5.32 Å². The molecular weight excluding hydrogens is 409 g/mol. The smallest absolute Gasteiger partial charge is 0.394 e. The number of aliphatic hydroxyl groups excluding tert-OH is 1. The molecule has 0 amide bonds. The Morgan fingerprint density at radius 3 is 2.21 bits per heavy atom. The number of aromatic nitrogens is 2. The third kappa shape index (κ3) is 5.68. The van der Waals surface area contributed by atoms with E-state index in [0.717, 1.165) is 12.1 Å². The number of halogens is 7. The van der Waals surface area contributed by atoms with E-state index in [1.54, 1.807) is 13.8 Å². The summed E-state index contributed by atoms with van der Waals surface area (Å²) in [6, 6.07) is 1.78. The first-order valence-electron chi connectivity index (χ1n) is 8.29. The molecule has 0 fully saturated rings. The van der Waals surface area contributed by atoms with E-state index in [1.165, 1.54) is 0 Å². The van der Waals surface area contributed by atoms with E-state index in [4.69, 9.17) is 0 Å². The van der Waals surface area contributed by atoms with Crippen LogP contribution in [0.3, 0.4) is 0 Å². The zero-order chi connectivity index (χ0) is 22.0. The van der Waals surface area contributed by atoms with Crippen LogP contribution < -0.4 is 10.6 Å². The maximum atomic E-state index is 14.0. The minimum absolute atomic E-state index is 0.224. The van der Waals surface area contributed by atoms with Crippen LogP contribution in [0.4, 0.5) is 48.2 Å². The van der Waals surface area contributed by atoms with Gasteiger partial charge in [-0.25, -0.2) is 9.37 Å². The number of hydrogen-bond donors (Lipinski definition) is 3. The topological polar surface area (TPSA) is 70.1 Å². The number of nitrogens with one attached hydrogen (secondary N) is 2. The lowest BCUT2D eigenvalue weighted by Crippen LogP contribution is -2.30. The van der Waals surface area contributed by atoms with Crippen LogP contribution in [0, 0.1) is 11.7 Å². The highest BCUT2D eigenvalue weighted by Gasteiger charge is 2.36. The standard InChI is InChI=1S/C17H17F7N4O/c1-8(2)11(7-29)25-15-26-12(17(22,23)24)6-13(28-15)27-14-9(16(19,20)21)4-3-5-10(14)18/h3-6,8,11,29H,7H2,1-2H3,(H2,25,26,27,28)/t11-/m0/s1. The molecule has 2 rings (SSSR count). The van der Waals surface area contributed by atoms with Gasteiger partial charge in [-0.05, 0) is 18.1 Å². The summed E-state index contributed by atoms with van der Waals surface area (Å²) in [4.78, 5) is 6.99. The first-order chi connectivity index (χ1) is 13.3. The molecule has 0 saturated heterocycles. The quantitative estimate of drug-likeness (QED) is 0.578. The average Bonchev–Trinajstić information content (AvgIpc) is 2.59. The maximum Gasteiger partial charge on any atom is 0.433 e. The largest absolute Gasteiger partial charge is 0.433 e. The molecular formula is C17H17F7N4O. The molecule has 1 aromatic carbocycles. The Morgan fingerprint density at radius 1 is 1.03 bits per heavy atom. The minimum atomic E-state index is -4.95. The van der Waals surface area contributed by atoms with Crippen molar-refractivity contribution in [1.29, 1.82) is 0 Å². The minimum Gasteiger partial charge on any atom is -0.394 e. The van der Waals surface area contributed by atoms with Gasteiger partial charge in [0.25, 0.3) is 0 Å². The molecule has 160 valence electrons. The van der Waals surface area contributed by atoms with E-state index in [2.05, 4.69) is 15.3 Å². The molecule has 12 heteroatoms. The Morgan fingerprint density at radius 2 is 1.69 bits per heavy atom. The summed E-state index contributed by atoms with van der Waals surface area (Å²) in [5, 5.41) is 13.8. The summed E-state index contributed by atoms with van der Waals surface area (Å²) >= 11 is 0. The summed E-state index contributed by atoms with van der Waals surface area (Å²) in [5.41, 5.74) is -3.93. The highest BCUT2D eigenvalue weighted by atomic mass is 19.4. The number of rotatable bonds is 6. The van der Waals surface area contributed by atoms with Crippen molar-refractivity contribution < 1.29 is 35.8 Å². The molecule has 0 aliphatic carbocycles. The number of anilines is 3. The van der Waals surface area contributed by atoms with Gasteiger partial charge in [-0.2, -0.15) is 31.3 Å². The van der Waals surface area contributed by atoms with Crippen molar-refractivity contribution in [1.82, 2.24) is 9.97 Å². The molecule has 0 aliphatic rings. The van der Waals surface area contributed by atoms with Gasteiger partial charge in [-0.15, -0.1) is 0 Å². The fourth-order valence-corrected chi connectivity index (χ4v) is 2.33. The van der Waals surface area contributed by atoms with Gasteiger partial charge in [0.2, 0.25) is 5.95 Å². The van der Waals surface area contributed by atoms with Gasteiger partial charge in [-0.3, -0.25) is 0 Å². The number of benzene rings is 1. The zero-order valence-electron chi connectivity index (χ0n) is 15.2. The maximum absolute atomic E-state index is 14.0. The Hall–Kier alpha value is -2.63. The van der Waals surface area contributed by atoms with Gasteiger partial charge >= 0.3 is 12.4 Å². The molecule has 0 saturated carbocycles. The number of para-hydroxylation sites is 1. The van der Waals surface area contributed by atoms with Crippen molar-refractivity contribution in [2.24, 2.45) is 5.92 Å². The fraction of sp³-hybridized carbons (Fsp3) is 0.412. The predicted molar refractivity (Wildman–Crippen MR) is 91.1 cm³/mol. The van der Waals surface area contributed by atoms with E-state index >= 15 is 0 Å². The van der Waals surface area contributed by atoms with Crippen molar-refractivity contribution in [2.45, 2.75) is 32.2 Å². The SMILES string of the molecule is CC(C)[C@H](CO)Nc1nc(Nc2c(F)cccc2C(F)(F)F)cc(C(F)(F)F)n1. The molecule has 0 radical (unpaired) electrons. The molecule has 0 bridgehead atoms. The molecule has 5 nitrogen and oxygen atoms in total. The molecule has 2 aromatic rings. The lowest BCUT2D eigenvalue weighted by Gasteiger charge is -2.21. The number of nitrogens with zero attached hydrogens (tertiary/aromatic N) is 2. The highest BCUT2D eigenvalue weighted by Crippen LogP contribution is 2.38. The second kappa shape index (κ2) is 8.39. The summed E-state index contributed by atoms with van der Waals surface area (Å²) in [6.07, 6.45) is -9.89. The highest BCUT2D eigenvalue weighted by molar-refractivity contribution is 5.63. The molecule has 0 unspecified atom stereocenters. The lowest BCUT2D eigenvalue weighted by atomic mass is 10.1. The molecule has 0 spiro atoms. The zero-order valence-corrected chi connectivity index (χ0v) is 15.2. The van der Waals surface area contributed by atoms with Crippen molar-refractivity contribution in [3.05, 3.63) is 41.3 Å². The summed E-state index contributed by atoms with van der Waals surface area (Å²) in [6.45, 7) is 2.90. The molecule has 3 N–H and O–H groups in total. The Labute approximate surface area is 161 Å². The van der Waals surface area contributed by atoms with Crippen molar-refractivity contribution in [3.8, 4) is 0 Å². The van der Waals surface area contributed by atoms with Crippen molar-refractivity contribution in [2.75, 3.05) is 17.2 Å². The second-order valence-electron chi connectivity index (χ2n) is 6.42. The van der Waals surface area contributed by atoms with Crippen LogP contribution in [0.1, 0.15) is 25.1 Å². The average molecular weight is 426 g/mol. The first-order valence-corrected chi connectivity index (χ1v) is 8.29. The van der Waals surface area contributed by atoms with Crippen LogP contribution in [0.25, 0.3) is 0 Å². The van der Waals surface area contributed by atoms with Crippen LogP contribution in [-0.4, -0.2) is 27.7 Å². The van der Waals surface area contributed by atoms with Gasteiger partial charge < -0.3 is 15.7 Å². The third-order valence-electron chi connectivity index (χ3n) is 3.90. The van der Waals surface area contributed by atoms with Gasteiger partial charge in [-0.1, -0.05) is 19.9 Å². The summed E-state index contributed by atoms with van der Waals surface area (Å²) < 4.78 is 92.9. The van der Waals surface area contributed by atoms with Crippen LogP contribution in [-0.2, 0) is 12.4 Å². The third-order valence-corrected chi connectivity index (χ3v) is 3.90. The molecule has 1 heterocycles. The number of alkyl halides is 6. The Kier molecular flexibility index (Phi) is 6.56. The first kappa shape index (κ1) is 22.7. The van der Waals surface area contributed by atoms with Crippen LogP contribution >= 0.6 is 0 Å². The monoisotopic (exact) mass is 426 g/mol. The van der Waals surface area contributed by atoms with Gasteiger partial charge in [0.1, 0.15) is 11.6 Å². The molecule has 0 aliphatic heterocycles. The normalized spacial score (nSPS) is 13.5. The van der Waals surface area contributed by atoms with Crippen LogP contribution in [0.2, 0.25) is 0 Å². The summed E-state index contributed by atoms with van der Waals surface area (Å²) in [5.74, 6) is -2.83. The molecule has 1 atom stereocenters. The number of aliphatic hydroxyl groups is 1. The van der Waals surface area contributed by atoms with Crippen molar-refractivity contribution in [3.63, 3.8) is 0 Å². The van der Waals surface area contributed by atoms with E-state index in [0.29, 0.717) is 12.1 Å². The number of hydrogen-bond acceptors (Lipinski definition) is 5. The second-order valence-corrected chi connectivity index (χ2v) is 6.42. The lowest BCUT2D eigenvalue weighted by molar-refractivity contribution is -0.141. The van der Waals surface area contributed by atoms with Gasteiger partial charge in [0, 0.05) is 6.07 Å². The Balaban J connectivity index is 2.52. The van der Waals surface area contributed by atoms with Gasteiger partial charge in [0.15, 0.2) is 5.69 Å². The van der Waals surface area contributed by atoms with Gasteiger partial charge in [0.05, 0.1) is 23.9 Å². The fourth-order valence-electron chi connectivity index (χ4n) is 2.33. The predicted octanol–water partition coefficient (Wildman–Crippen LogP) is 4.83. The van der Waals surface area contributed by atoms with Crippen LogP contribution in [0.5, 0.6) is 0 Å². The molecule has 1 aromatic heterocycles. The molecule has 29 heavy (non-hydrogen) atoms. The van der Waals surface area contributed by atoms with Crippen LogP contribution in [0.15, 0.2) is 24.3 Å².